The molecule has 1 amide bonds. The van der Waals surface area contributed by atoms with Crippen LogP contribution in [-0.2, 0) is 4.79 Å². The van der Waals surface area contributed by atoms with Gasteiger partial charge in [-0.05, 0) is 38.5 Å². The van der Waals surface area contributed by atoms with Crippen molar-refractivity contribution in [2.75, 3.05) is 33.7 Å². The van der Waals surface area contributed by atoms with Gasteiger partial charge in [0.15, 0.2) is 5.96 Å². The Hall–Kier alpha value is -0.530. The summed E-state index contributed by atoms with van der Waals surface area (Å²) in [5.74, 6) is 2.61. The molecule has 2 atom stereocenters. The smallest absolute Gasteiger partial charge is 0.243 e. The van der Waals surface area contributed by atoms with E-state index in [1.54, 1.807) is 19.0 Å². The molecule has 2 aliphatic rings. The van der Waals surface area contributed by atoms with E-state index in [0.717, 1.165) is 30.9 Å². The topological polar surface area (TPSA) is 47.9 Å². The Bertz CT molecular complexity index is 384. The van der Waals surface area contributed by atoms with Gasteiger partial charge in [0.25, 0.3) is 0 Å². The van der Waals surface area contributed by atoms with E-state index < -0.39 is 0 Å². The van der Waals surface area contributed by atoms with Crippen LogP contribution >= 0.6 is 24.0 Å². The zero-order valence-corrected chi connectivity index (χ0v) is 16.7. The van der Waals surface area contributed by atoms with E-state index in [4.69, 9.17) is 0 Å². The van der Waals surface area contributed by atoms with Crippen LogP contribution in [0.15, 0.2) is 4.99 Å². The minimum absolute atomic E-state index is 0. The Morgan fingerprint density at radius 1 is 1.23 bits per heavy atom. The lowest BCUT2D eigenvalue weighted by molar-refractivity contribution is -0.127. The normalized spacial score (nSPS) is 24.8. The van der Waals surface area contributed by atoms with E-state index in [1.807, 2.05) is 0 Å². The highest BCUT2D eigenvalue weighted by atomic mass is 127. The Morgan fingerprint density at radius 2 is 1.77 bits per heavy atom. The van der Waals surface area contributed by atoms with Crippen molar-refractivity contribution in [3.8, 4) is 0 Å². The number of fused-ring (bicyclic) bond motifs is 1. The maximum absolute atomic E-state index is 11.8. The van der Waals surface area contributed by atoms with Crippen LogP contribution < -0.4 is 5.32 Å². The molecule has 0 bridgehead atoms. The highest BCUT2D eigenvalue weighted by molar-refractivity contribution is 14.0. The predicted molar refractivity (Wildman–Crippen MR) is 102 cm³/mol. The van der Waals surface area contributed by atoms with Crippen molar-refractivity contribution >= 4 is 35.8 Å². The van der Waals surface area contributed by atoms with Crippen LogP contribution in [0, 0.1) is 11.8 Å². The highest BCUT2D eigenvalue weighted by Gasteiger charge is 2.35. The molecule has 2 unspecified atom stereocenters. The average molecular weight is 422 g/mol. The second-order valence-electron chi connectivity index (χ2n) is 6.94. The first kappa shape index (κ1) is 19.5. The quantitative estimate of drug-likeness (QED) is 0.431. The second kappa shape index (κ2) is 8.93. The number of aliphatic imine (C=N–C) groups is 1. The molecule has 128 valence electrons. The highest BCUT2D eigenvalue weighted by Crippen LogP contribution is 2.35. The van der Waals surface area contributed by atoms with E-state index in [9.17, 15) is 4.79 Å². The summed E-state index contributed by atoms with van der Waals surface area (Å²) >= 11 is 0. The Kier molecular flexibility index (Phi) is 7.93. The molecule has 2 rings (SSSR count). The molecule has 22 heavy (non-hydrogen) atoms. The van der Waals surface area contributed by atoms with E-state index in [-0.39, 0.29) is 36.4 Å². The SMILES string of the molecule is CC(C)NC(=NCC(=O)N(C)C)N1CC2CCCCC2C1.I. The summed E-state index contributed by atoms with van der Waals surface area (Å²) in [4.78, 5) is 20.3. The number of likely N-dealkylation sites (tertiary alicyclic amines) is 1. The molecule has 2 fully saturated rings. The number of nitrogens with one attached hydrogen (secondary N) is 1. The molecule has 1 heterocycles. The van der Waals surface area contributed by atoms with Crippen molar-refractivity contribution in [2.45, 2.75) is 45.6 Å². The van der Waals surface area contributed by atoms with Gasteiger partial charge in [0.05, 0.1) is 0 Å². The van der Waals surface area contributed by atoms with Crippen LogP contribution in [-0.4, -0.2) is 61.4 Å². The molecule has 1 aliphatic heterocycles. The Labute approximate surface area is 151 Å². The van der Waals surface area contributed by atoms with E-state index in [1.165, 1.54) is 25.7 Å². The van der Waals surface area contributed by atoms with Gasteiger partial charge >= 0.3 is 0 Å². The maximum atomic E-state index is 11.8. The van der Waals surface area contributed by atoms with Crippen LogP contribution in [0.25, 0.3) is 0 Å². The number of likely N-dealkylation sites (N-methyl/N-ethyl adjacent to an activating group) is 1. The van der Waals surface area contributed by atoms with Gasteiger partial charge in [-0.2, -0.15) is 0 Å². The first-order valence-electron chi connectivity index (χ1n) is 8.23. The number of carbonyl (C=O) groups excluding carboxylic acids is 1. The Balaban J connectivity index is 0.00000242. The van der Waals surface area contributed by atoms with Gasteiger partial charge in [-0.1, -0.05) is 12.8 Å². The number of carbonyl (C=O) groups is 1. The van der Waals surface area contributed by atoms with E-state index in [2.05, 4.69) is 29.1 Å². The largest absolute Gasteiger partial charge is 0.354 e. The molecule has 6 heteroatoms. The van der Waals surface area contributed by atoms with Crippen LogP contribution in [0.3, 0.4) is 0 Å². The van der Waals surface area contributed by atoms with Gasteiger partial charge in [-0.15, -0.1) is 24.0 Å². The third-order valence-electron chi connectivity index (χ3n) is 4.56. The summed E-state index contributed by atoms with van der Waals surface area (Å²) < 4.78 is 0. The molecule has 0 aromatic carbocycles. The molecular weight excluding hydrogens is 391 g/mol. The zero-order chi connectivity index (χ0) is 15.4. The maximum Gasteiger partial charge on any atom is 0.243 e. The number of rotatable bonds is 3. The molecule has 1 N–H and O–H groups in total. The molecule has 1 saturated heterocycles. The molecule has 0 radical (unpaired) electrons. The summed E-state index contributed by atoms with van der Waals surface area (Å²) in [7, 11) is 3.55. The lowest BCUT2D eigenvalue weighted by Gasteiger charge is -2.24. The third-order valence-corrected chi connectivity index (χ3v) is 4.56. The molecule has 0 aromatic heterocycles. The van der Waals surface area contributed by atoms with Crippen molar-refractivity contribution in [1.29, 1.82) is 0 Å². The van der Waals surface area contributed by atoms with Crippen LogP contribution in [0.4, 0.5) is 0 Å². The molecular formula is C16H31IN4O. The lowest BCUT2D eigenvalue weighted by Crippen LogP contribution is -2.44. The third kappa shape index (κ3) is 5.28. The van der Waals surface area contributed by atoms with Crippen LogP contribution in [0.1, 0.15) is 39.5 Å². The summed E-state index contributed by atoms with van der Waals surface area (Å²) in [6.45, 7) is 6.66. The second-order valence-corrected chi connectivity index (χ2v) is 6.94. The van der Waals surface area contributed by atoms with Gasteiger partial charge in [-0.3, -0.25) is 4.79 Å². The standard InChI is InChI=1S/C16H30N4O.HI/c1-12(2)18-16(17-9-15(21)19(3)4)20-10-13-7-5-6-8-14(13)11-20;/h12-14H,5-11H2,1-4H3,(H,17,18);1H. The summed E-state index contributed by atoms with van der Waals surface area (Å²) in [5, 5.41) is 3.43. The minimum atomic E-state index is 0. The lowest BCUT2D eigenvalue weighted by atomic mass is 9.82. The number of nitrogens with zero attached hydrogens (tertiary/aromatic N) is 3. The van der Waals surface area contributed by atoms with Gasteiger partial charge in [0.1, 0.15) is 6.54 Å². The fourth-order valence-electron chi connectivity index (χ4n) is 3.36. The average Bonchev–Trinajstić information content (AvgIpc) is 2.86. The summed E-state index contributed by atoms with van der Waals surface area (Å²) in [6, 6.07) is 0.334. The van der Waals surface area contributed by atoms with Crippen LogP contribution in [0.5, 0.6) is 0 Å². The molecule has 5 nitrogen and oxygen atoms in total. The summed E-state index contributed by atoms with van der Waals surface area (Å²) in [5.41, 5.74) is 0. The van der Waals surface area contributed by atoms with Crippen LogP contribution in [0.2, 0.25) is 0 Å². The number of halogens is 1. The molecule has 1 aliphatic carbocycles. The number of hydrogen-bond acceptors (Lipinski definition) is 2. The van der Waals surface area contributed by atoms with Gasteiger partial charge in [-0.25, -0.2) is 4.99 Å². The summed E-state index contributed by atoms with van der Waals surface area (Å²) in [6.07, 6.45) is 5.45. The molecule has 1 saturated carbocycles. The van der Waals surface area contributed by atoms with Crippen molar-refractivity contribution in [3.05, 3.63) is 0 Å². The van der Waals surface area contributed by atoms with Gasteiger partial charge in [0.2, 0.25) is 5.91 Å². The van der Waals surface area contributed by atoms with E-state index in [0.29, 0.717) is 6.04 Å². The zero-order valence-electron chi connectivity index (χ0n) is 14.3. The van der Waals surface area contributed by atoms with Crippen molar-refractivity contribution in [1.82, 2.24) is 15.1 Å². The van der Waals surface area contributed by atoms with Gasteiger partial charge < -0.3 is 15.1 Å². The van der Waals surface area contributed by atoms with Gasteiger partial charge in [0, 0.05) is 33.2 Å². The Morgan fingerprint density at radius 3 is 2.23 bits per heavy atom. The van der Waals surface area contributed by atoms with Crippen molar-refractivity contribution in [2.24, 2.45) is 16.8 Å². The van der Waals surface area contributed by atoms with Crippen molar-refractivity contribution in [3.63, 3.8) is 0 Å². The fourth-order valence-corrected chi connectivity index (χ4v) is 3.36. The van der Waals surface area contributed by atoms with E-state index >= 15 is 0 Å². The number of guanidine groups is 1. The number of hydrogen-bond donors (Lipinski definition) is 1. The minimum Gasteiger partial charge on any atom is -0.354 e. The predicted octanol–water partition coefficient (Wildman–Crippen LogP) is 2.17. The first-order chi connectivity index (χ1) is 9.97. The first-order valence-corrected chi connectivity index (χ1v) is 8.23. The fraction of sp³-hybridized carbons (Fsp3) is 0.875. The number of amides is 1. The monoisotopic (exact) mass is 422 g/mol. The molecule has 0 aromatic rings. The van der Waals surface area contributed by atoms with Crippen molar-refractivity contribution < 1.29 is 4.79 Å². The molecule has 0 spiro atoms.